The van der Waals surface area contributed by atoms with Gasteiger partial charge >= 0.3 is 5.97 Å². The number of esters is 1. The molecule has 0 heterocycles. The minimum Gasteiger partial charge on any atom is -0.497 e. The third kappa shape index (κ3) is 4.72. The Kier molecular flexibility index (Phi) is 6.60. The first-order valence-electron chi connectivity index (χ1n) is 9.03. The molecule has 6 heteroatoms. The minimum absolute atomic E-state index is 0.171. The van der Waals surface area contributed by atoms with E-state index >= 15 is 0 Å². The summed E-state index contributed by atoms with van der Waals surface area (Å²) in [6, 6.07) is 17.1. The van der Waals surface area contributed by atoms with Gasteiger partial charge in [0.1, 0.15) is 23.1 Å². The number of methoxy groups -OCH3 is 2. The molecule has 0 fully saturated rings. The first-order valence-corrected chi connectivity index (χ1v) is 9.03. The fraction of sp³-hybridized carbons (Fsp3) is 0.0833. The molecule has 0 unspecified atom stereocenters. The van der Waals surface area contributed by atoms with Crippen molar-refractivity contribution in [2.45, 2.75) is 0 Å². The Morgan fingerprint density at radius 2 is 1.57 bits per heavy atom. The molecule has 0 atom stereocenters. The highest BCUT2D eigenvalue weighted by Crippen LogP contribution is 2.26. The number of ether oxygens (including phenoxy) is 3. The van der Waals surface area contributed by atoms with E-state index in [9.17, 15) is 14.0 Å². The lowest BCUT2D eigenvalue weighted by Gasteiger charge is -2.09. The Balaban J connectivity index is 1.83. The second-order valence-electron chi connectivity index (χ2n) is 6.17. The van der Waals surface area contributed by atoms with Crippen LogP contribution in [0.2, 0.25) is 0 Å². The zero-order valence-electron chi connectivity index (χ0n) is 16.4. The van der Waals surface area contributed by atoms with Crippen LogP contribution in [0.25, 0.3) is 6.08 Å². The molecule has 30 heavy (non-hydrogen) atoms. The zero-order chi connectivity index (χ0) is 21.5. The average Bonchev–Trinajstić information content (AvgIpc) is 2.78. The Bertz CT molecular complexity index is 1100. The van der Waals surface area contributed by atoms with Gasteiger partial charge in [-0.05, 0) is 42.5 Å². The molecular formula is C24H19FO5. The number of benzene rings is 3. The number of hydrogen-bond donors (Lipinski definition) is 0. The summed E-state index contributed by atoms with van der Waals surface area (Å²) in [5.41, 5.74) is 0.675. The van der Waals surface area contributed by atoms with Gasteiger partial charge in [-0.1, -0.05) is 30.3 Å². The molecule has 0 radical (unpaired) electrons. The molecule has 3 aromatic rings. The van der Waals surface area contributed by atoms with E-state index in [4.69, 9.17) is 14.2 Å². The quantitative estimate of drug-likeness (QED) is 0.240. The van der Waals surface area contributed by atoms with E-state index in [0.717, 1.165) is 0 Å². The van der Waals surface area contributed by atoms with Crippen LogP contribution >= 0.6 is 0 Å². The van der Waals surface area contributed by atoms with Crippen molar-refractivity contribution >= 4 is 17.8 Å². The number of rotatable bonds is 7. The van der Waals surface area contributed by atoms with Crippen LogP contribution in [-0.4, -0.2) is 26.0 Å². The predicted molar refractivity (Wildman–Crippen MR) is 111 cm³/mol. The van der Waals surface area contributed by atoms with Crippen LogP contribution in [0.15, 0.2) is 72.8 Å². The van der Waals surface area contributed by atoms with E-state index in [1.165, 1.54) is 44.6 Å². The Morgan fingerprint density at radius 3 is 2.30 bits per heavy atom. The number of para-hydroxylation sites is 1. The number of allylic oxidation sites excluding steroid dienone is 1. The van der Waals surface area contributed by atoms with Gasteiger partial charge in [-0.15, -0.1) is 0 Å². The number of ketones is 1. The van der Waals surface area contributed by atoms with Crippen LogP contribution in [0.4, 0.5) is 4.39 Å². The topological polar surface area (TPSA) is 61.8 Å². The standard InChI is InChI=1S/C24H19FO5/c1-28-17-12-13-19(23(15-17)29-2)21(26)14-11-16-7-3-6-10-22(16)30-24(27)18-8-4-5-9-20(18)25/h3-15H,1-2H3. The van der Waals surface area contributed by atoms with Gasteiger partial charge in [0.25, 0.3) is 0 Å². The van der Waals surface area contributed by atoms with E-state index in [-0.39, 0.29) is 17.1 Å². The molecule has 3 rings (SSSR count). The molecule has 0 amide bonds. The third-order valence-corrected chi connectivity index (χ3v) is 4.30. The maximum atomic E-state index is 13.8. The molecule has 0 aliphatic rings. The van der Waals surface area contributed by atoms with Crippen LogP contribution < -0.4 is 14.2 Å². The van der Waals surface area contributed by atoms with Crippen molar-refractivity contribution in [2.24, 2.45) is 0 Å². The maximum absolute atomic E-state index is 13.8. The van der Waals surface area contributed by atoms with Crippen LogP contribution in [-0.2, 0) is 0 Å². The third-order valence-electron chi connectivity index (χ3n) is 4.30. The summed E-state index contributed by atoms with van der Waals surface area (Å²) < 4.78 is 29.6. The number of carbonyl (C=O) groups excluding carboxylic acids is 2. The summed E-state index contributed by atoms with van der Waals surface area (Å²) in [5.74, 6) is -0.642. The van der Waals surface area contributed by atoms with Crippen molar-refractivity contribution in [3.8, 4) is 17.2 Å². The normalized spacial score (nSPS) is 10.6. The van der Waals surface area contributed by atoms with Crippen molar-refractivity contribution in [2.75, 3.05) is 14.2 Å². The molecule has 152 valence electrons. The largest absolute Gasteiger partial charge is 0.497 e. The van der Waals surface area contributed by atoms with Gasteiger partial charge in [0, 0.05) is 11.6 Å². The molecule has 0 spiro atoms. The highest BCUT2D eigenvalue weighted by atomic mass is 19.1. The number of hydrogen-bond acceptors (Lipinski definition) is 5. The fourth-order valence-corrected chi connectivity index (χ4v) is 2.75. The van der Waals surface area contributed by atoms with Crippen molar-refractivity contribution in [1.82, 2.24) is 0 Å². The number of carbonyl (C=O) groups is 2. The molecule has 0 N–H and O–H groups in total. The lowest BCUT2D eigenvalue weighted by molar-refractivity contribution is 0.0729. The van der Waals surface area contributed by atoms with Crippen molar-refractivity contribution in [3.63, 3.8) is 0 Å². The van der Waals surface area contributed by atoms with Gasteiger partial charge in [0.05, 0.1) is 25.3 Å². The second kappa shape index (κ2) is 9.52. The Labute approximate surface area is 173 Å². The summed E-state index contributed by atoms with van der Waals surface area (Å²) >= 11 is 0. The van der Waals surface area contributed by atoms with Gasteiger partial charge in [-0.25, -0.2) is 9.18 Å². The molecule has 5 nitrogen and oxygen atoms in total. The zero-order valence-corrected chi connectivity index (χ0v) is 16.4. The smallest absolute Gasteiger partial charge is 0.346 e. The predicted octanol–water partition coefficient (Wildman–Crippen LogP) is 4.96. The van der Waals surface area contributed by atoms with E-state index in [0.29, 0.717) is 22.6 Å². The Morgan fingerprint density at radius 1 is 0.833 bits per heavy atom. The van der Waals surface area contributed by atoms with E-state index in [2.05, 4.69) is 0 Å². The molecule has 0 aliphatic heterocycles. The summed E-state index contributed by atoms with van der Waals surface area (Å²) in [6.07, 6.45) is 2.87. The van der Waals surface area contributed by atoms with Crippen LogP contribution in [0.5, 0.6) is 17.2 Å². The lowest BCUT2D eigenvalue weighted by atomic mass is 10.1. The van der Waals surface area contributed by atoms with Crippen molar-refractivity contribution in [1.29, 1.82) is 0 Å². The molecule has 3 aromatic carbocycles. The first kappa shape index (κ1) is 20.8. The van der Waals surface area contributed by atoms with Gasteiger partial charge < -0.3 is 14.2 Å². The van der Waals surface area contributed by atoms with E-state index in [1.807, 2.05) is 0 Å². The molecule has 0 saturated carbocycles. The lowest BCUT2D eigenvalue weighted by Crippen LogP contribution is -2.11. The van der Waals surface area contributed by atoms with Gasteiger partial charge in [0.15, 0.2) is 5.78 Å². The highest BCUT2D eigenvalue weighted by molar-refractivity contribution is 6.09. The summed E-state index contributed by atoms with van der Waals surface area (Å²) in [5, 5.41) is 0. The molecular weight excluding hydrogens is 387 g/mol. The van der Waals surface area contributed by atoms with E-state index < -0.39 is 11.8 Å². The van der Waals surface area contributed by atoms with Gasteiger partial charge in [-0.2, -0.15) is 0 Å². The minimum atomic E-state index is -0.822. The Hall–Kier alpha value is -3.93. The van der Waals surface area contributed by atoms with Gasteiger partial charge in [0.2, 0.25) is 0 Å². The SMILES string of the molecule is COc1ccc(C(=O)C=Cc2ccccc2OC(=O)c2ccccc2F)c(OC)c1. The highest BCUT2D eigenvalue weighted by Gasteiger charge is 2.15. The van der Waals surface area contributed by atoms with Gasteiger partial charge in [-0.3, -0.25) is 4.79 Å². The summed E-state index contributed by atoms with van der Waals surface area (Å²) in [7, 11) is 2.99. The fourth-order valence-electron chi connectivity index (χ4n) is 2.75. The summed E-state index contributed by atoms with van der Waals surface area (Å²) in [6.45, 7) is 0. The first-order chi connectivity index (χ1) is 14.5. The number of halogens is 1. The molecule has 0 aliphatic carbocycles. The molecule has 0 aromatic heterocycles. The van der Waals surface area contributed by atoms with E-state index in [1.54, 1.807) is 48.5 Å². The second-order valence-corrected chi connectivity index (χ2v) is 6.17. The average molecular weight is 406 g/mol. The van der Waals surface area contributed by atoms with Crippen LogP contribution in [0, 0.1) is 5.82 Å². The van der Waals surface area contributed by atoms with Crippen molar-refractivity contribution < 1.29 is 28.2 Å². The van der Waals surface area contributed by atoms with Crippen molar-refractivity contribution in [3.05, 3.63) is 95.3 Å². The monoisotopic (exact) mass is 406 g/mol. The maximum Gasteiger partial charge on any atom is 0.346 e. The molecule has 0 saturated heterocycles. The van der Waals surface area contributed by atoms with Crippen LogP contribution in [0.1, 0.15) is 26.3 Å². The van der Waals surface area contributed by atoms with Crippen LogP contribution in [0.3, 0.4) is 0 Å². The molecule has 0 bridgehead atoms. The summed E-state index contributed by atoms with van der Waals surface area (Å²) in [4.78, 5) is 24.9.